The molecule has 1 atom stereocenters. The van der Waals surface area contributed by atoms with E-state index in [2.05, 4.69) is 10.6 Å². The van der Waals surface area contributed by atoms with Crippen LogP contribution < -0.4 is 22.0 Å². The van der Waals surface area contributed by atoms with Crippen LogP contribution in [0.3, 0.4) is 0 Å². The number of aryl methyl sites for hydroxylation is 1. The molecule has 9 nitrogen and oxygen atoms in total. The summed E-state index contributed by atoms with van der Waals surface area (Å²) in [6.07, 6.45) is -1.26. The zero-order valence-corrected chi connectivity index (χ0v) is 16.1. The Morgan fingerprint density at radius 2 is 1.89 bits per heavy atom. The van der Waals surface area contributed by atoms with Crippen LogP contribution in [0.1, 0.15) is 32.8 Å². The van der Waals surface area contributed by atoms with Crippen molar-refractivity contribution in [2.75, 3.05) is 5.32 Å². The van der Waals surface area contributed by atoms with Gasteiger partial charge in [0, 0.05) is 23.2 Å². The van der Waals surface area contributed by atoms with Gasteiger partial charge in [-0.25, -0.2) is 9.59 Å². The second kappa shape index (κ2) is 8.12. The fourth-order valence-corrected chi connectivity index (χ4v) is 2.49. The number of anilines is 1. The van der Waals surface area contributed by atoms with E-state index in [9.17, 15) is 19.2 Å². The molecule has 4 N–H and O–H groups in total. The molecule has 0 saturated carbocycles. The van der Waals surface area contributed by atoms with E-state index in [1.807, 2.05) is 0 Å². The van der Waals surface area contributed by atoms with E-state index in [1.54, 1.807) is 39.8 Å². The molecule has 1 aromatic heterocycles. The summed E-state index contributed by atoms with van der Waals surface area (Å²) in [4.78, 5) is 47.3. The van der Waals surface area contributed by atoms with Crippen LogP contribution in [0.25, 0.3) is 11.0 Å². The zero-order valence-electron chi connectivity index (χ0n) is 16.1. The Morgan fingerprint density at radius 1 is 1.21 bits per heavy atom. The molecule has 0 bridgehead atoms. The first-order valence-electron chi connectivity index (χ1n) is 8.58. The number of amides is 3. The summed E-state index contributed by atoms with van der Waals surface area (Å²) >= 11 is 0. The largest absolute Gasteiger partial charge is 0.444 e. The predicted octanol–water partition coefficient (Wildman–Crippen LogP) is 1.81. The van der Waals surface area contributed by atoms with Crippen LogP contribution in [0.4, 0.5) is 10.5 Å². The average molecular weight is 389 g/mol. The third kappa shape index (κ3) is 5.83. The minimum Gasteiger partial charge on any atom is -0.444 e. The Bertz CT molecular complexity index is 974. The van der Waals surface area contributed by atoms with E-state index >= 15 is 0 Å². The smallest absolute Gasteiger partial charge is 0.408 e. The van der Waals surface area contributed by atoms with Crippen LogP contribution in [-0.4, -0.2) is 29.6 Å². The van der Waals surface area contributed by atoms with Gasteiger partial charge in [-0.15, -0.1) is 0 Å². The number of carbonyl (C=O) groups is 3. The lowest BCUT2D eigenvalue weighted by molar-refractivity contribution is -0.124. The fourth-order valence-electron chi connectivity index (χ4n) is 2.49. The van der Waals surface area contributed by atoms with Gasteiger partial charge in [-0.05, 0) is 45.4 Å². The minimum absolute atomic E-state index is 0.300. The lowest BCUT2D eigenvalue weighted by atomic mass is 10.1. The molecule has 1 heterocycles. The van der Waals surface area contributed by atoms with Crippen LogP contribution in [0.5, 0.6) is 0 Å². The minimum atomic E-state index is -1.23. The highest BCUT2D eigenvalue weighted by molar-refractivity contribution is 6.00. The number of nitrogens with one attached hydrogen (secondary N) is 2. The highest BCUT2D eigenvalue weighted by atomic mass is 16.6. The molecule has 3 amide bonds. The third-order valence-electron chi connectivity index (χ3n) is 3.63. The van der Waals surface area contributed by atoms with Crippen molar-refractivity contribution in [2.45, 2.75) is 45.8 Å². The van der Waals surface area contributed by atoms with E-state index < -0.39 is 41.6 Å². The molecule has 2 aromatic rings. The van der Waals surface area contributed by atoms with Crippen molar-refractivity contribution in [3.63, 3.8) is 0 Å². The molecule has 1 aromatic carbocycles. The normalized spacial score (nSPS) is 12.3. The second-order valence-electron chi connectivity index (χ2n) is 7.32. The summed E-state index contributed by atoms with van der Waals surface area (Å²) in [5.41, 5.74) is 5.26. The number of ether oxygens (including phenoxy) is 1. The first kappa shape index (κ1) is 20.9. The number of fused-ring (bicyclic) bond motifs is 1. The number of carbonyl (C=O) groups excluding carboxylic acids is 3. The SMILES string of the molecule is Cc1cc(=O)oc2cc(NC(=O)[C@@H](CC(N)=O)NC(=O)OC(C)(C)C)ccc12. The van der Waals surface area contributed by atoms with Gasteiger partial charge in [0.25, 0.3) is 0 Å². The lowest BCUT2D eigenvalue weighted by Gasteiger charge is -2.22. The highest BCUT2D eigenvalue weighted by Gasteiger charge is 2.26. The Kier molecular flexibility index (Phi) is 6.07. The van der Waals surface area contributed by atoms with E-state index in [0.29, 0.717) is 11.3 Å². The standard InChI is InChI=1S/C19H23N3O6/c1-10-7-16(24)27-14-8-11(5-6-12(10)14)21-17(25)13(9-15(20)23)22-18(26)28-19(2,3)4/h5-8,13H,9H2,1-4H3,(H2,20,23)(H,21,25)(H,22,26)/t13-/m1/s1. The van der Waals surface area contributed by atoms with Crippen molar-refractivity contribution in [1.82, 2.24) is 5.32 Å². The topological polar surface area (TPSA) is 141 Å². The first-order chi connectivity index (χ1) is 12.9. The quantitative estimate of drug-likeness (QED) is 0.666. The summed E-state index contributed by atoms with van der Waals surface area (Å²) in [6, 6.07) is 4.92. The molecule has 0 aliphatic rings. The molecular formula is C19H23N3O6. The van der Waals surface area contributed by atoms with Gasteiger partial charge in [0.05, 0.1) is 6.42 Å². The third-order valence-corrected chi connectivity index (χ3v) is 3.63. The van der Waals surface area contributed by atoms with Gasteiger partial charge in [0.1, 0.15) is 17.2 Å². The molecule has 0 radical (unpaired) electrons. The Labute approximate surface area is 161 Å². The molecule has 150 valence electrons. The van der Waals surface area contributed by atoms with E-state index in [4.69, 9.17) is 14.9 Å². The van der Waals surface area contributed by atoms with E-state index in [1.165, 1.54) is 12.1 Å². The summed E-state index contributed by atoms with van der Waals surface area (Å²) < 4.78 is 10.2. The maximum Gasteiger partial charge on any atom is 0.408 e. The molecule has 0 unspecified atom stereocenters. The Hall–Kier alpha value is -3.36. The van der Waals surface area contributed by atoms with Gasteiger partial charge < -0.3 is 25.5 Å². The van der Waals surface area contributed by atoms with Gasteiger partial charge in [0.15, 0.2) is 0 Å². The molecule has 0 aliphatic carbocycles. The van der Waals surface area contributed by atoms with Crippen molar-refractivity contribution in [3.8, 4) is 0 Å². The zero-order chi connectivity index (χ0) is 21.1. The summed E-state index contributed by atoms with van der Waals surface area (Å²) in [7, 11) is 0. The molecular weight excluding hydrogens is 366 g/mol. The van der Waals surface area contributed by atoms with Crippen molar-refractivity contribution in [1.29, 1.82) is 0 Å². The predicted molar refractivity (Wildman–Crippen MR) is 103 cm³/mol. The average Bonchev–Trinajstić information content (AvgIpc) is 2.51. The number of hydrogen-bond donors (Lipinski definition) is 3. The van der Waals surface area contributed by atoms with Crippen LogP contribution >= 0.6 is 0 Å². The van der Waals surface area contributed by atoms with Crippen LogP contribution in [-0.2, 0) is 14.3 Å². The number of nitrogens with two attached hydrogens (primary N) is 1. The first-order valence-corrected chi connectivity index (χ1v) is 8.58. The monoisotopic (exact) mass is 389 g/mol. The number of primary amides is 1. The maximum absolute atomic E-state index is 12.5. The number of rotatable bonds is 5. The molecule has 2 rings (SSSR count). The molecule has 9 heteroatoms. The molecule has 0 aliphatic heterocycles. The van der Waals surface area contributed by atoms with Crippen molar-refractivity contribution >= 4 is 34.6 Å². The Morgan fingerprint density at radius 3 is 2.50 bits per heavy atom. The van der Waals surface area contributed by atoms with Crippen LogP contribution in [0.15, 0.2) is 33.5 Å². The maximum atomic E-state index is 12.5. The van der Waals surface area contributed by atoms with Gasteiger partial charge in [-0.2, -0.15) is 0 Å². The van der Waals surface area contributed by atoms with Gasteiger partial charge in [-0.3, -0.25) is 9.59 Å². The summed E-state index contributed by atoms with van der Waals surface area (Å²) in [6.45, 7) is 6.77. The van der Waals surface area contributed by atoms with Gasteiger partial charge >= 0.3 is 11.7 Å². The van der Waals surface area contributed by atoms with Crippen molar-refractivity contribution in [2.24, 2.45) is 5.73 Å². The fraction of sp³-hybridized carbons (Fsp3) is 0.368. The van der Waals surface area contributed by atoms with Crippen molar-refractivity contribution < 1.29 is 23.5 Å². The Balaban J connectivity index is 2.20. The number of benzene rings is 1. The number of hydrogen-bond acceptors (Lipinski definition) is 6. The van der Waals surface area contributed by atoms with Crippen LogP contribution in [0.2, 0.25) is 0 Å². The molecule has 0 spiro atoms. The second-order valence-corrected chi connectivity index (χ2v) is 7.32. The molecule has 28 heavy (non-hydrogen) atoms. The van der Waals surface area contributed by atoms with E-state index in [-0.39, 0.29) is 0 Å². The lowest BCUT2D eigenvalue weighted by Crippen LogP contribution is -2.47. The van der Waals surface area contributed by atoms with Crippen molar-refractivity contribution in [3.05, 3.63) is 40.2 Å². The highest BCUT2D eigenvalue weighted by Crippen LogP contribution is 2.21. The van der Waals surface area contributed by atoms with Crippen LogP contribution in [0, 0.1) is 6.92 Å². The summed E-state index contributed by atoms with van der Waals surface area (Å²) in [5, 5.41) is 5.62. The summed E-state index contributed by atoms with van der Waals surface area (Å²) in [5.74, 6) is -1.43. The number of alkyl carbamates (subject to hydrolysis) is 1. The molecule has 0 saturated heterocycles. The molecule has 0 fully saturated rings. The van der Waals surface area contributed by atoms with Gasteiger partial charge in [0.2, 0.25) is 11.8 Å². The van der Waals surface area contributed by atoms with E-state index in [0.717, 1.165) is 10.9 Å². The van der Waals surface area contributed by atoms with Gasteiger partial charge in [-0.1, -0.05) is 0 Å².